The molecule has 4 rings (SSSR count). The van der Waals surface area contributed by atoms with Crippen LogP contribution in [0.25, 0.3) is 16.5 Å². The minimum atomic E-state index is -4.05. The molecule has 1 aliphatic heterocycles. The maximum absolute atomic E-state index is 11.2. The molecule has 3 aromatic rings. The van der Waals surface area contributed by atoms with Crippen LogP contribution in [0.4, 0.5) is 5.69 Å². The number of hydrogen-bond acceptors (Lipinski definition) is 8. The molecule has 0 bridgehead atoms. The van der Waals surface area contributed by atoms with Crippen LogP contribution >= 0.6 is 34.7 Å². The number of thioether (sulfide) groups is 1. The zero-order valence-corrected chi connectivity index (χ0v) is 24.6. The van der Waals surface area contributed by atoms with Crippen molar-refractivity contribution in [2.45, 2.75) is 44.0 Å². The molecule has 3 heterocycles. The molecule has 0 saturated heterocycles. The molecule has 0 unspecified atom stereocenters. The summed E-state index contributed by atoms with van der Waals surface area (Å²) in [4.78, 5) is 3.88. The summed E-state index contributed by atoms with van der Waals surface area (Å²) < 4.78 is 70.5. The summed E-state index contributed by atoms with van der Waals surface area (Å²) in [6.45, 7) is 3.00. The molecule has 206 valence electrons. The van der Waals surface area contributed by atoms with Crippen LogP contribution in [0.5, 0.6) is 0 Å². The Morgan fingerprint density at radius 1 is 1.11 bits per heavy atom. The number of halogens is 1. The second kappa shape index (κ2) is 12.1. The molecule has 0 fully saturated rings. The number of hydrogen-bond donors (Lipinski definition) is 2. The third-order valence-corrected chi connectivity index (χ3v) is 9.90. The molecule has 0 radical (unpaired) electrons. The standard InChI is InChI=1S/C24H27ClN2O7S4/c1-2-17(15-23-26(10-5-13-38(31,32)33)19-8-11-34-24(19)36-23)14-22-27(9-3-4-12-37(28,29)30)20-16-18(25)6-7-21(20)35-22/h6-8,11,14-16H,2-5,9-10,12-13H2,1H3,(H-,28,29,30,31,32,33)/p+1. The fourth-order valence-electron chi connectivity index (χ4n) is 4.11. The van der Waals surface area contributed by atoms with E-state index in [9.17, 15) is 16.8 Å². The minimum absolute atomic E-state index is 0.257. The lowest BCUT2D eigenvalue weighted by atomic mass is 10.2. The van der Waals surface area contributed by atoms with Gasteiger partial charge in [-0.2, -0.15) is 21.4 Å². The molecule has 0 spiro atoms. The molecule has 1 aliphatic rings. The molecule has 1 aromatic carbocycles. The summed E-state index contributed by atoms with van der Waals surface area (Å²) in [6.07, 6.45) is 7.60. The van der Waals surface area contributed by atoms with Crippen LogP contribution in [0.3, 0.4) is 0 Å². The third kappa shape index (κ3) is 7.62. The van der Waals surface area contributed by atoms with Gasteiger partial charge in [0.2, 0.25) is 0 Å². The van der Waals surface area contributed by atoms with Crippen molar-refractivity contribution in [3.63, 3.8) is 0 Å². The molecule has 0 atom stereocenters. The minimum Gasteiger partial charge on any atom is -0.448 e. The average Bonchev–Trinajstić information content (AvgIpc) is 3.49. The molecule has 0 saturated carbocycles. The number of benzene rings is 1. The SMILES string of the molecule is CCC(=Cc1sc2occc2[n+]1CCCS(=O)(=O)O)C=C1Sc2ccc(Cl)cc2N1CCCCS(=O)(=O)O. The zero-order chi connectivity index (χ0) is 27.5. The molecule has 0 aliphatic carbocycles. The molecular formula is C24H28ClN2O7S4+. The van der Waals surface area contributed by atoms with Crippen LogP contribution in [0.2, 0.25) is 5.02 Å². The van der Waals surface area contributed by atoms with Crippen molar-refractivity contribution in [3.05, 3.63) is 57.2 Å². The molecule has 14 heteroatoms. The van der Waals surface area contributed by atoms with Gasteiger partial charge < -0.3 is 9.32 Å². The second-order valence-corrected chi connectivity index (χ2v) is 14.4. The number of allylic oxidation sites excluding steroid dienone is 2. The molecular weight excluding hydrogens is 592 g/mol. The monoisotopic (exact) mass is 619 g/mol. The van der Waals surface area contributed by atoms with E-state index >= 15 is 0 Å². The van der Waals surface area contributed by atoms with Crippen LogP contribution < -0.4 is 9.47 Å². The highest BCUT2D eigenvalue weighted by molar-refractivity contribution is 8.03. The second-order valence-electron chi connectivity index (χ2n) is 8.74. The smallest absolute Gasteiger partial charge is 0.265 e. The Morgan fingerprint density at radius 2 is 1.84 bits per heavy atom. The lowest BCUT2D eigenvalue weighted by Crippen LogP contribution is -2.35. The number of nitrogens with zero attached hydrogens (tertiary/aromatic N) is 2. The predicted molar refractivity (Wildman–Crippen MR) is 152 cm³/mol. The number of fused-ring (bicyclic) bond motifs is 2. The van der Waals surface area contributed by atoms with Gasteiger partial charge in [-0.05, 0) is 60.4 Å². The lowest BCUT2D eigenvalue weighted by Gasteiger charge is -2.21. The first-order valence-electron chi connectivity index (χ1n) is 11.9. The molecule has 2 aromatic heterocycles. The Kier molecular flexibility index (Phi) is 9.28. The molecule has 2 N–H and O–H groups in total. The van der Waals surface area contributed by atoms with Gasteiger partial charge in [-0.25, -0.2) is 0 Å². The Morgan fingerprint density at radius 3 is 2.55 bits per heavy atom. The van der Waals surface area contributed by atoms with Crippen molar-refractivity contribution in [2.75, 3.05) is 23.0 Å². The molecule has 0 amide bonds. The summed E-state index contributed by atoms with van der Waals surface area (Å²) in [5.41, 5.74) is 2.84. The maximum atomic E-state index is 11.2. The fourth-order valence-corrected chi connectivity index (χ4v) is 7.57. The predicted octanol–water partition coefficient (Wildman–Crippen LogP) is 5.63. The van der Waals surface area contributed by atoms with Crippen LogP contribution in [0.1, 0.15) is 37.6 Å². The van der Waals surface area contributed by atoms with E-state index < -0.39 is 20.2 Å². The quantitative estimate of drug-likeness (QED) is 0.151. The average molecular weight is 620 g/mol. The number of furan rings is 1. The maximum Gasteiger partial charge on any atom is 0.265 e. The first-order chi connectivity index (χ1) is 17.9. The van der Waals surface area contributed by atoms with Gasteiger partial charge in [0.25, 0.3) is 35.7 Å². The number of unbranched alkanes of at least 4 members (excludes halogenated alkanes) is 1. The van der Waals surface area contributed by atoms with Crippen molar-refractivity contribution in [1.29, 1.82) is 0 Å². The van der Waals surface area contributed by atoms with E-state index in [1.807, 2.05) is 41.8 Å². The highest BCUT2D eigenvalue weighted by Gasteiger charge is 2.26. The summed E-state index contributed by atoms with van der Waals surface area (Å²) >= 11 is 9.33. The summed E-state index contributed by atoms with van der Waals surface area (Å²) in [6, 6.07) is 7.52. The summed E-state index contributed by atoms with van der Waals surface area (Å²) in [7, 11) is -8.06. The Balaban J connectivity index is 1.63. The topological polar surface area (TPSA) is 129 Å². The van der Waals surface area contributed by atoms with Crippen LogP contribution in [0, 0.1) is 0 Å². The van der Waals surface area contributed by atoms with Crippen molar-refractivity contribution in [2.24, 2.45) is 0 Å². The normalized spacial score (nSPS) is 15.6. The van der Waals surface area contributed by atoms with Crippen LogP contribution in [-0.4, -0.2) is 44.0 Å². The van der Waals surface area contributed by atoms with Gasteiger partial charge in [0.1, 0.15) is 0 Å². The molecule has 38 heavy (non-hydrogen) atoms. The third-order valence-electron chi connectivity index (χ3n) is 5.90. The van der Waals surface area contributed by atoms with E-state index in [4.69, 9.17) is 25.1 Å². The van der Waals surface area contributed by atoms with Gasteiger partial charge in [0.15, 0.2) is 6.54 Å². The first kappa shape index (κ1) is 29.1. The van der Waals surface area contributed by atoms with Crippen LogP contribution in [-0.2, 0) is 26.8 Å². The number of aromatic nitrogens is 1. The molecule has 9 nitrogen and oxygen atoms in total. The van der Waals surface area contributed by atoms with Gasteiger partial charge in [0, 0.05) is 29.0 Å². The van der Waals surface area contributed by atoms with Crippen LogP contribution in [0.15, 0.2) is 56.5 Å². The largest absolute Gasteiger partial charge is 0.448 e. The Bertz CT molecular complexity index is 1590. The first-order valence-corrected chi connectivity index (χ1v) is 17.1. The number of aryl methyl sites for hydroxylation is 1. The van der Waals surface area contributed by atoms with Crippen molar-refractivity contribution < 1.29 is 34.9 Å². The van der Waals surface area contributed by atoms with Gasteiger partial charge in [-0.3, -0.25) is 9.11 Å². The lowest BCUT2D eigenvalue weighted by molar-refractivity contribution is -0.668. The highest BCUT2D eigenvalue weighted by Crippen LogP contribution is 2.47. The number of rotatable bonds is 12. The van der Waals surface area contributed by atoms with Crippen molar-refractivity contribution >= 4 is 77.1 Å². The summed E-state index contributed by atoms with van der Waals surface area (Å²) in [5, 5.41) is 2.47. The van der Waals surface area contributed by atoms with Crippen molar-refractivity contribution in [3.8, 4) is 0 Å². The number of anilines is 1. The van der Waals surface area contributed by atoms with Gasteiger partial charge in [-0.15, -0.1) is 0 Å². The van der Waals surface area contributed by atoms with Gasteiger partial charge >= 0.3 is 0 Å². The van der Waals surface area contributed by atoms with E-state index in [2.05, 4.69) is 11.0 Å². The van der Waals surface area contributed by atoms with Gasteiger partial charge in [-0.1, -0.05) is 30.3 Å². The van der Waals surface area contributed by atoms with Gasteiger partial charge in [0.05, 0.1) is 34.6 Å². The van der Waals surface area contributed by atoms with E-state index in [1.165, 1.54) is 11.3 Å². The summed E-state index contributed by atoms with van der Waals surface area (Å²) in [5.74, 6) is -0.611. The zero-order valence-electron chi connectivity index (χ0n) is 20.5. The fraction of sp³-hybridized carbons (Fsp3) is 0.375. The highest BCUT2D eigenvalue weighted by atomic mass is 35.5. The number of thiazole rings is 1. The van der Waals surface area contributed by atoms with E-state index in [-0.39, 0.29) is 17.9 Å². The van der Waals surface area contributed by atoms with E-state index in [1.54, 1.807) is 18.0 Å². The Hall–Kier alpha value is -1.87. The van der Waals surface area contributed by atoms with Crippen molar-refractivity contribution in [1.82, 2.24) is 0 Å². The van der Waals surface area contributed by atoms with E-state index in [0.29, 0.717) is 31.0 Å². The van der Waals surface area contributed by atoms with E-state index in [0.717, 1.165) is 43.0 Å². The Labute approximate surface area is 235 Å².